The number of H-pyrrole nitrogens is 1. The molecule has 0 aliphatic carbocycles. The smallest absolute Gasteiger partial charge is 0.326 e. The second-order valence-electron chi connectivity index (χ2n) is 6.00. The van der Waals surface area contributed by atoms with Crippen LogP contribution in [0.25, 0.3) is 10.9 Å². The summed E-state index contributed by atoms with van der Waals surface area (Å²) in [6, 6.07) is 14.1. The fraction of sp³-hybridized carbons (Fsp3) is 0.158. The fourth-order valence-electron chi connectivity index (χ4n) is 3.38. The standard InChI is InChI=1S/C19H16N2O3/c22-18(15-6-3-7-16-14(15)8-9-20-16)21-11-13-5-2-1-4-12(13)10-17(21)19(23)24/h1-9,17,20H,10-11H2,(H,23,24)/t17-/m0/s1. The summed E-state index contributed by atoms with van der Waals surface area (Å²) in [5.74, 6) is -1.22. The third kappa shape index (κ3) is 2.25. The highest BCUT2D eigenvalue weighted by molar-refractivity contribution is 6.07. The van der Waals surface area contributed by atoms with E-state index in [2.05, 4.69) is 4.98 Å². The molecule has 1 aliphatic rings. The summed E-state index contributed by atoms with van der Waals surface area (Å²) in [4.78, 5) is 29.4. The molecule has 1 amide bonds. The molecular weight excluding hydrogens is 304 g/mol. The highest BCUT2D eigenvalue weighted by Gasteiger charge is 2.35. The summed E-state index contributed by atoms with van der Waals surface area (Å²) < 4.78 is 0. The number of carboxylic acid groups (broad SMARTS) is 1. The molecule has 120 valence electrons. The van der Waals surface area contributed by atoms with E-state index in [1.165, 1.54) is 4.90 Å². The van der Waals surface area contributed by atoms with Gasteiger partial charge in [-0.15, -0.1) is 0 Å². The molecule has 0 saturated heterocycles. The number of carbonyl (C=O) groups is 2. The number of nitrogens with one attached hydrogen (secondary N) is 1. The van der Waals surface area contributed by atoms with Gasteiger partial charge in [0.05, 0.1) is 0 Å². The quantitative estimate of drug-likeness (QED) is 0.762. The van der Waals surface area contributed by atoms with E-state index in [1.54, 1.807) is 18.3 Å². The molecule has 3 aromatic rings. The lowest BCUT2D eigenvalue weighted by atomic mass is 9.93. The second kappa shape index (κ2) is 5.53. The molecule has 2 heterocycles. The lowest BCUT2D eigenvalue weighted by Crippen LogP contribution is -2.48. The Labute approximate surface area is 138 Å². The second-order valence-corrected chi connectivity index (χ2v) is 6.00. The van der Waals surface area contributed by atoms with E-state index in [0.29, 0.717) is 18.5 Å². The Morgan fingerprint density at radius 1 is 1.04 bits per heavy atom. The van der Waals surface area contributed by atoms with Crippen molar-refractivity contribution in [3.63, 3.8) is 0 Å². The van der Waals surface area contributed by atoms with Crippen molar-refractivity contribution in [1.29, 1.82) is 0 Å². The molecule has 2 N–H and O–H groups in total. The number of nitrogens with zero attached hydrogens (tertiary/aromatic N) is 1. The zero-order valence-corrected chi connectivity index (χ0v) is 12.9. The normalized spacial score (nSPS) is 16.8. The number of amides is 1. The molecule has 0 unspecified atom stereocenters. The zero-order chi connectivity index (χ0) is 16.7. The first-order valence-corrected chi connectivity index (χ1v) is 7.82. The lowest BCUT2D eigenvalue weighted by molar-refractivity contribution is -0.142. The first-order chi connectivity index (χ1) is 11.6. The van der Waals surface area contributed by atoms with Crippen LogP contribution in [-0.2, 0) is 17.8 Å². The minimum Gasteiger partial charge on any atom is -0.480 e. The van der Waals surface area contributed by atoms with Crippen LogP contribution in [0, 0.1) is 0 Å². The third-order valence-electron chi connectivity index (χ3n) is 4.62. The van der Waals surface area contributed by atoms with Gasteiger partial charge in [0, 0.05) is 35.6 Å². The van der Waals surface area contributed by atoms with Gasteiger partial charge in [0.1, 0.15) is 6.04 Å². The van der Waals surface area contributed by atoms with Crippen LogP contribution in [-0.4, -0.2) is 32.9 Å². The first-order valence-electron chi connectivity index (χ1n) is 7.82. The van der Waals surface area contributed by atoms with E-state index in [0.717, 1.165) is 22.0 Å². The number of carboxylic acids is 1. The highest BCUT2D eigenvalue weighted by Crippen LogP contribution is 2.27. The number of benzene rings is 2. The lowest BCUT2D eigenvalue weighted by Gasteiger charge is -2.34. The Hall–Kier alpha value is -3.08. The topological polar surface area (TPSA) is 73.4 Å². The number of hydrogen-bond donors (Lipinski definition) is 2. The Kier molecular flexibility index (Phi) is 3.34. The third-order valence-corrected chi connectivity index (χ3v) is 4.62. The van der Waals surface area contributed by atoms with Crippen LogP contribution in [0.15, 0.2) is 54.7 Å². The van der Waals surface area contributed by atoms with Crippen LogP contribution in [0.2, 0.25) is 0 Å². The van der Waals surface area contributed by atoms with E-state index in [9.17, 15) is 14.7 Å². The summed E-state index contributed by atoms with van der Waals surface area (Å²) in [5, 5.41) is 10.4. The van der Waals surface area contributed by atoms with E-state index < -0.39 is 12.0 Å². The molecule has 2 aromatic carbocycles. The highest BCUT2D eigenvalue weighted by atomic mass is 16.4. The predicted octanol–water partition coefficient (Wildman–Crippen LogP) is 2.82. The summed E-state index contributed by atoms with van der Waals surface area (Å²) in [7, 11) is 0. The predicted molar refractivity (Wildman–Crippen MR) is 89.7 cm³/mol. The molecule has 1 aromatic heterocycles. The van der Waals surface area contributed by atoms with Crippen molar-refractivity contribution in [3.05, 3.63) is 71.4 Å². The van der Waals surface area contributed by atoms with Crippen molar-refractivity contribution >= 4 is 22.8 Å². The largest absolute Gasteiger partial charge is 0.480 e. The van der Waals surface area contributed by atoms with Gasteiger partial charge in [-0.1, -0.05) is 30.3 Å². The van der Waals surface area contributed by atoms with Gasteiger partial charge in [-0.3, -0.25) is 4.79 Å². The van der Waals surface area contributed by atoms with Crippen molar-refractivity contribution < 1.29 is 14.7 Å². The number of carbonyl (C=O) groups excluding carboxylic acids is 1. The SMILES string of the molecule is O=C(O)[C@@H]1Cc2ccccc2CN1C(=O)c1cccc2[nH]ccc12. The van der Waals surface area contributed by atoms with Crippen LogP contribution in [0.1, 0.15) is 21.5 Å². The van der Waals surface area contributed by atoms with Gasteiger partial charge in [-0.05, 0) is 29.3 Å². The van der Waals surface area contributed by atoms with Crippen molar-refractivity contribution in [3.8, 4) is 0 Å². The number of hydrogen-bond acceptors (Lipinski definition) is 2. The van der Waals surface area contributed by atoms with E-state index in [4.69, 9.17) is 0 Å². The van der Waals surface area contributed by atoms with Gasteiger partial charge in [0.25, 0.3) is 5.91 Å². The van der Waals surface area contributed by atoms with Crippen molar-refractivity contribution in [2.75, 3.05) is 0 Å². The monoisotopic (exact) mass is 320 g/mol. The van der Waals surface area contributed by atoms with Crippen LogP contribution in [0.4, 0.5) is 0 Å². The summed E-state index contributed by atoms with van der Waals surface area (Å²) in [5.41, 5.74) is 3.39. The summed E-state index contributed by atoms with van der Waals surface area (Å²) in [6.45, 7) is 0.312. The molecular formula is C19H16N2O3. The molecule has 1 aliphatic heterocycles. The summed E-state index contributed by atoms with van der Waals surface area (Å²) >= 11 is 0. The average molecular weight is 320 g/mol. The van der Waals surface area contributed by atoms with Crippen LogP contribution < -0.4 is 0 Å². The molecule has 5 heteroatoms. The molecule has 1 atom stereocenters. The minimum absolute atomic E-state index is 0.248. The van der Waals surface area contributed by atoms with E-state index in [-0.39, 0.29) is 5.91 Å². The molecule has 0 spiro atoms. The molecule has 0 fully saturated rings. The zero-order valence-electron chi connectivity index (χ0n) is 12.9. The molecule has 5 nitrogen and oxygen atoms in total. The average Bonchev–Trinajstić information content (AvgIpc) is 3.08. The molecule has 0 radical (unpaired) electrons. The Bertz CT molecular complexity index is 944. The van der Waals surface area contributed by atoms with Crippen LogP contribution in [0.3, 0.4) is 0 Å². The van der Waals surface area contributed by atoms with Crippen molar-refractivity contribution in [2.24, 2.45) is 0 Å². The van der Waals surface area contributed by atoms with Crippen LogP contribution in [0.5, 0.6) is 0 Å². The maximum absolute atomic E-state index is 13.1. The van der Waals surface area contributed by atoms with Crippen molar-refractivity contribution in [1.82, 2.24) is 9.88 Å². The summed E-state index contributed by atoms with van der Waals surface area (Å²) in [6.07, 6.45) is 2.11. The van der Waals surface area contributed by atoms with Gasteiger partial charge < -0.3 is 15.0 Å². The number of aromatic nitrogens is 1. The van der Waals surface area contributed by atoms with E-state index in [1.807, 2.05) is 36.4 Å². The van der Waals surface area contributed by atoms with Gasteiger partial charge in [-0.25, -0.2) is 4.79 Å². The van der Waals surface area contributed by atoms with Crippen LogP contribution >= 0.6 is 0 Å². The Morgan fingerprint density at radius 3 is 2.62 bits per heavy atom. The van der Waals surface area contributed by atoms with Gasteiger partial charge in [-0.2, -0.15) is 0 Å². The number of aliphatic carboxylic acids is 1. The maximum atomic E-state index is 13.1. The molecule has 0 saturated carbocycles. The Balaban J connectivity index is 1.77. The van der Waals surface area contributed by atoms with E-state index >= 15 is 0 Å². The minimum atomic E-state index is -0.973. The first kappa shape index (κ1) is 14.5. The fourth-order valence-corrected chi connectivity index (χ4v) is 3.38. The molecule has 24 heavy (non-hydrogen) atoms. The number of aromatic amines is 1. The molecule has 0 bridgehead atoms. The van der Waals surface area contributed by atoms with Gasteiger partial charge in [0.15, 0.2) is 0 Å². The Morgan fingerprint density at radius 2 is 1.83 bits per heavy atom. The number of fused-ring (bicyclic) bond motifs is 2. The van der Waals surface area contributed by atoms with Gasteiger partial charge >= 0.3 is 5.97 Å². The molecule has 4 rings (SSSR count). The van der Waals surface area contributed by atoms with Gasteiger partial charge in [0.2, 0.25) is 0 Å². The maximum Gasteiger partial charge on any atom is 0.326 e. The van der Waals surface area contributed by atoms with Crippen molar-refractivity contribution in [2.45, 2.75) is 19.0 Å². The number of rotatable bonds is 2.